The third-order valence-corrected chi connectivity index (χ3v) is 3.65. The van der Waals surface area contributed by atoms with E-state index in [1.165, 1.54) is 0 Å². The minimum atomic E-state index is -0.226. The molecule has 0 bridgehead atoms. The Kier molecular flexibility index (Phi) is 5.50. The molecule has 0 aliphatic heterocycles. The normalized spacial score (nSPS) is 10.3. The minimum absolute atomic E-state index is 0.0519. The van der Waals surface area contributed by atoms with E-state index in [2.05, 4.69) is 5.32 Å². The Morgan fingerprint density at radius 1 is 1.17 bits per heavy atom. The van der Waals surface area contributed by atoms with Gasteiger partial charge in [0.15, 0.2) is 6.61 Å². The van der Waals surface area contributed by atoms with E-state index in [9.17, 15) is 4.79 Å². The lowest BCUT2D eigenvalue weighted by Crippen LogP contribution is -2.22. The summed E-state index contributed by atoms with van der Waals surface area (Å²) in [5, 5.41) is 3.42. The van der Waals surface area contributed by atoms with Crippen LogP contribution in [-0.4, -0.2) is 26.6 Å². The van der Waals surface area contributed by atoms with E-state index < -0.39 is 0 Å². The van der Waals surface area contributed by atoms with Gasteiger partial charge in [0.1, 0.15) is 5.75 Å². The summed E-state index contributed by atoms with van der Waals surface area (Å²) in [6.07, 6.45) is 0. The summed E-state index contributed by atoms with van der Waals surface area (Å²) >= 11 is 6.02. The van der Waals surface area contributed by atoms with Gasteiger partial charge in [-0.05, 0) is 49.2 Å². The van der Waals surface area contributed by atoms with Crippen molar-refractivity contribution >= 4 is 28.9 Å². The van der Waals surface area contributed by atoms with E-state index >= 15 is 0 Å². The standard InChI is InChI=1S/C18H21ClN2O2/c1-12-5-6-13(2)17(9-12)23-11-18(22)20-15-10-14(19)7-8-16(15)21(3)4/h5-10H,11H2,1-4H3,(H,20,22). The molecule has 2 rings (SSSR count). The molecule has 2 aromatic carbocycles. The molecule has 0 saturated carbocycles. The number of nitrogens with zero attached hydrogens (tertiary/aromatic N) is 1. The van der Waals surface area contributed by atoms with E-state index in [4.69, 9.17) is 16.3 Å². The number of hydrogen-bond acceptors (Lipinski definition) is 3. The van der Waals surface area contributed by atoms with Crippen LogP contribution in [-0.2, 0) is 4.79 Å². The average Bonchev–Trinajstić information content (AvgIpc) is 2.48. The summed E-state index contributed by atoms with van der Waals surface area (Å²) in [6, 6.07) is 11.3. The van der Waals surface area contributed by atoms with Gasteiger partial charge >= 0.3 is 0 Å². The van der Waals surface area contributed by atoms with Crippen molar-refractivity contribution in [2.24, 2.45) is 0 Å². The highest BCUT2D eigenvalue weighted by Gasteiger charge is 2.10. The first kappa shape index (κ1) is 17.2. The number of carbonyl (C=O) groups excluding carboxylic acids is 1. The molecule has 5 heteroatoms. The van der Waals surface area contributed by atoms with Crippen molar-refractivity contribution in [2.45, 2.75) is 13.8 Å². The Balaban J connectivity index is 2.05. The summed E-state index contributed by atoms with van der Waals surface area (Å²) in [4.78, 5) is 14.1. The van der Waals surface area contributed by atoms with Crippen molar-refractivity contribution < 1.29 is 9.53 Å². The summed E-state index contributed by atoms with van der Waals surface area (Å²) in [5.41, 5.74) is 3.64. The van der Waals surface area contributed by atoms with Crippen LogP contribution < -0.4 is 15.0 Å². The number of halogens is 1. The molecule has 0 aliphatic rings. The van der Waals surface area contributed by atoms with E-state index in [1.54, 1.807) is 12.1 Å². The molecule has 0 spiro atoms. The summed E-state index contributed by atoms with van der Waals surface area (Å²) in [6.45, 7) is 3.89. The Bertz CT molecular complexity index is 714. The maximum Gasteiger partial charge on any atom is 0.262 e. The van der Waals surface area contributed by atoms with E-state index in [-0.39, 0.29) is 12.5 Å². The zero-order chi connectivity index (χ0) is 17.0. The molecule has 0 heterocycles. The summed E-state index contributed by atoms with van der Waals surface area (Å²) < 4.78 is 5.62. The van der Waals surface area contributed by atoms with Gasteiger partial charge in [-0.1, -0.05) is 23.7 Å². The highest BCUT2D eigenvalue weighted by molar-refractivity contribution is 6.31. The number of carbonyl (C=O) groups is 1. The smallest absolute Gasteiger partial charge is 0.262 e. The molecule has 0 fully saturated rings. The van der Waals surface area contributed by atoms with Crippen LogP contribution in [0.15, 0.2) is 36.4 Å². The lowest BCUT2D eigenvalue weighted by atomic mass is 10.1. The van der Waals surface area contributed by atoms with Crippen LogP contribution >= 0.6 is 11.6 Å². The van der Waals surface area contributed by atoms with Crippen molar-refractivity contribution in [1.82, 2.24) is 0 Å². The molecule has 0 aliphatic carbocycles. The van der Waals surface area contributed by atoms with Crippen molar-refractivity contribution in [3.05, 3.63) is 52.5 Å². The van der Waals surface area contributed by atoms with E-state index in [0.29, 0.717) is 10.7 Å². The van der Waals surface area contributed by atoms with Gasteiger partial charge in [0.25, 0.3) is 5.91 Å². The summed E-state index contributed by atoms with van der Waals surface area (Å²) in [5.74, 6) is 0.496. The second kappa shape index (κ2) is 7.38. The molecule has 0 atom stereocenters. The van der Waals surface area contributed by atoms with Gasteiger partial charge in [0.05, 0.1) is 11.4 Å². The fraction of sp³-hybridized carbons (Fsp3) is 0.278. The number of anilines is 2. The average molecular weight is 333 g/mol. The van der Waals surface area contributed by atoms with Crippen molar-refractivity contribution in [1.29, 1.82) is 0 Å². The lowest BCUT2D eigenvalue weighted by molar-refractivity contribution is -0.118. The van der Waals surface area contributed by atoms with Crippen LogP contribution in [0.4, 0.5) is 11.4 Å². The zero-order valence-electron chi connectivity index (χ0n) is 13.8. The maximum atomic E-state index is 12.2. The molecule has 4 nitrogen and oxygen atoms in total. The number of aryl methyl sites for hydroxylation is 2. The van der Waals surface area contributed by atoms with Gasteiger partial charge in [0, 0.05) is 19.1 Å². The van der Waals surface area contributed by atoms with Crippen LogP contribution in [0.3, 0.4) is 0 Å². The number of ether oxygens (including phenoxy) is 1. The molecule has 0 radical (unpaired) electrons. The van der Waals surface area contributed by atoms with Crippen molar-refractivity contribution in [3.63, 3.8) is 0 Å². The van der Waals surface area contributed by atoms with Crippen LogP contribution in [0.5, 0.6) is 5.75 Å². The molecule has 0 saturated heterocycles. The third kappa shape index (κ3) is 4.63. The topological polar surface area (TPSA) is 41.6 Å². The van der Waals surface area contributed by atoms with Crippen LogP contribution in [0, 0.1) is 13.8 Å². The molecule has 0 aromatic heterocycles. The molecular weight excluding hydrogens is 312 g/mol. The minimum Gasteiger partial charge on any atom is -0.483 e. The first-order chi connectivity index (χ1) is 10.9. The van der Waals surface area contributed by atoms with E-state index in [0.717, 1.165) is 22.6 Å². The Morgan fingerprint density at radius 3 is 2.61 bits per heavy atom. The summed E-state index contributed by atoms with van der Waals surface area (Å²) in [7, 11) is 3.82. The highest BCUT2D eigenvalue weighted by Crippen LogP contribution is 2.27. The quantitative estimate of drug-likeness (QED) is 0.898. The van der Waals surface area contributed by atoms with Gasteiger partial charge < -0.3 is 15.0 Å². The van der Waals surface area contributed by atoms with Gasteiger partial charge in [-0.2, -0.15) is 0 Å². The van der Waals surface area contributed by atoms with Gasteiger partial charge in [-0.15, -0.1) is 0 Å². The van der Waals surface area contributed by atoms with Crippen LogP contribution in [0.25, 0.3) is 0 Å². The number of rotatable bonds is 5. The molecular formula is C18H21ClN2O2. The predicted molar refractivity (Wildman–Crippen MR) is 95.8 cm³/mol. The fourth-order valence-electron chi connectivity index (χ4n) is 2.19. The van der Waals surface area contributed by atoms with Gasteiger partial charge in [-0.25, -0.2) is 0 Å². The van der Waals surface area contributed by atoms with Gasteiger partial charge in [0.2, 0.25) is 0 Å². The number of nitrogens with one attached hydrogen (secondary N) is 1. The highest BCUT2D eigenvalue weighted by atomic mass is 35.5. The Morgan fingerprint density at radius 2 is 1.91 bits per heavy atom. The van der Waals surface area contributed by atoms with E-state index in [1.807, 2.05) is 57.1 Å². The SMILES string of the molecule is Cc1ccc(C)c(OCC(=O)Nc2cc(Cl)ccc2N(C)C)c1. The fourth-order valence-corrected chi connectivity index (χ4v) is 2.36. The predicted octanol–water partition coefficient (Wildman–Crippen LogP) is 4.04. The number of benzene rings is 2. The number of amides is 1. The first-order valence-corrected chi connectivity index (χ1v) is 7.71. The molecule has 0 unspecified atom stereocenters. The maximum absolute atomic E-state index is 12.2. The molecule has 1 N–H and O–H groups in total. The molecule has 1 amide bonds. The van der Waals surface area contributed by atoms with Crippen LogP contribution in [0.2, 0.25) is 5.02 Å². The first-order valence-electron chi connectivity index (χ1n) is 7.33. The van der Waals surface area contributed by atoms with Crippen molar-refractivity contribution in [3.8, 4) is 5.75 Å². The number of hydrogen-bond donors (Lipinski definition) is 1. The second-order valence-electron chi connectivity index (χ2n) is 5.66. The van der Waals surface area contributed by atoms with Crippen molar-refractivity contribution in [2.75, 3.05) is 30.9 Å². The third-order valence-electron chi connectivity index (χ3n) is 3.42. The lowest BCUT2D eigenvalue weighted by Gasteiger charge is -2.18. The molecule has 23 heavy (non-hydrogen) atoms. The molecule has 122 valence electrons. The zero-order valence-corrected chi connectivity index (χ0v) is 14.6. The largest absolute Gasteiger partial charge is 0.483 e. The molecule has 2 aromatic rings. The monoisotopic (exact) mass is 332 g/mol. The Hall–Kier alpha value is -2.20. The Labute approximate surface area is 142 Å². The van der Waals surface area contributed by atoms with Crippen LogP contribution in [0.1, 0.15) is 11.1 Å². The van der Waals surface area contributed by atoms with Gasteiger partial charge in [-0.3, -0.25) is 4.79 Å². The second-order valence-corrected chi connectivity index (χ2v) is 6.10.